The highest BCUT2D eigenvalue weighted by Crippen LogP contribution is 2.48. The van der Waals surface area contributed by atoms with Gasteiger partial charge in [-0.05, 0) is 52.6 Å². The summed E-state index contributed by atoms with van der Waals surface area (Å²) in [5.41, 5.74) is 9.11. The number of thiophene rings is 1. The van der Waals surface area contributed by atoms with E-state index in [-0.39, 0.29) is 0 Å². The number of para-hydroxylation sites is 3. The molecule has 0 radical (unpaired) electrons. The first-order valence-electron chi connectivity index (χ1n) is 20.4. The van der Waals surface area contributed by atoms with Gasteiger partial charge in [-0.25, -0.2) is 4.98 Å². The van der Waals surface area contributed by atoms with Crippen molar-refractivity contribution < 1.29 is 0 Å². The lowest BCUT2D eigenvalue weighted by Crippen LogP contribution is -2.06. The molecule has 0 amide bonds. The molecule has 60 heavy (non-hydrogen) atoms. The van der Waals surface area contributed by atoms with Gasteiger partial charge in [0, 0.05) is 58.6 Å². The zero-order valence-electron chi connectivity index (χ0n) is 31.9. The van der Waals surface area contributed by atoms with Crippen molar-refractivity contribution >= 4 is 135 Å². The molecule has 0 saturated carbocycles. The Labute approximate surface area is 344 Å². The molecule has 0 N–H and O–H groups in total. The fourth-order valence-corrected chi connectivity index (χ4v) is 11.9. The van der Waals surface area contributed by atoms with E-state index < -0.39 is 0 Å². The largest absolute Gasteiger partial charge is 0.307 e. The van der Waals surface area contributed by atoms with Gasteiger partial charge in [0.2, 0.25) is 5.95 Å². The van der Waals surface area contributed by atoms with E-state index in [2.05, 4.69) is 189 Å². The molecule has 0 spiro atoms. The Hall–Kier alpha value is -7.80. The number of nitrogens with zero attached hydrogens (tertiary/aromatic N) is 5. The van der Waals surface area contributed by atoms with E-state index in [9.17, 15) is 0 Å². The van der Waals surface area contributed by atoms with Gasteiger partial charge >= 0.3 is 0 Å². The minimum absolute atomic E-state index is 0.659. The molecule has 5 nitrogen and oxygen atoms in total. The van der Waals surface area contributed by atoms with Crippen LogP contribution >= 0.6 is 11.3 Å². The van der Waals surface area contributed by atoms with E-state index in [4.69, 9.17) is 9.97 Å². The quantitative estimate of drug-likeness (QED) is 0.175. The van der Waals surface area contributed by atoms with Gasteiger partial charge in [0.05, 0.1) is 48.8 Å². The number of aromatic nitrogens is 5. The number of benzene rings is 9. The predicted octanol–water partition coefficient (Wildman–Crippen LogP) is 14.5. The fourth-order valence-electron chi connectivity index (χ4n) is 10.7. The van der Waals surface area contributed by atoms with Crippen molar-refractivity contribution in [3.8, 4) is 11.8 Å². The molecule has 6 aromatic heterocycles. The van der Waals surface area contributed by atoms with Crippen molar-refractivity contribution in [1.29, 1.82) is 0 Å². The summed E-state index contributed by atoms with van der Waals surface area (Å²) in [6.45, 7) is 0. The molecular formula is C54H29N5S. The van der Waals surface area contributed by atoms with Crippen molar-refractivity contribution in [1.82, 2.24) is 23.5 Å². The molecule has 6 heteroatoms. The molecule has 0 aliphatic heterocycles. The van der Waals surface area contributed by atoms with Crippen LogP contribution in [0, 0.1) is 0 Å². The van der Waals surface area contributed by atoms with E-state index in [1.807, 2.05) is 0 Å². The van der Waals surface area contributed by atoms with E-state index in [0.29, 0.717) is 5.95 Å². The van der Waals surface area contributed by atoms with Crippen molar-refractivity contribution in [3.05, 3.63) is 176 Å². The lowest BCUT2D eigenvalue weighted by atomic mass is 10.0. The Morgan fingerprint density at radius 2 is 0.967 bits per heavy atom. The monoisotopic (exact) mass is 779 g/mol. The highest BCUT2D eigenvalue weighted by molar-refractivity contribution is 7.26. The summed E-state index contributed by atoms with van der Waals surface area (Å²) in [4.78, 5) is 11.5. The lowest BCUT2D eigenvalue weighted by Gasteiger charge is -2.13. The Balaban J connectivity index is 1.17. The van der Waals surface area contributed by atoms with Crippen LogP contribution < -0.4 is 0 Å². The van der Waals surface area contributed by atoms with Crippen molar-refractivity contribution in [2.24, 2.45) is 0 Å². The van der Waals surface area contributed by atoms with Crippen LogP contribution in [0.4, 0.5) is 0 Å². The molecule has 276 valence electrons. The highest BCUT2D eigenvalue weighted by atomic mass is 32.1. The Kier molecular flexibility index (Phi) is 5.74. The smallest absolute Gasteiger partial charge is 0.237 e. The number of fused-ring (bicyclic) bond motifs is 20. The molecule has 0 saturated heterocycles. The predicted molar refractivity (Wildman–Crippen MR) is 253 cm³/mol. The average Bonchev–Trinajstić information content (AvgIpc) is 4.10. The van der Waals surface area contributed by atoms with Gasteiger partial charge in [-0.15, -0.1) is 11.3 Å². The molecule has 0 unspecified atom stereocenters. The summed E-state index contributed by atoms with van der Waals surface area (Å²) in [7, 11) is 0. The molecule has 6 heterocycles. The Morgan fingerprint density at radius 1 is 0.367 bits per heavy atom. The first-order valence-corrected chi connectivity index (χ1v) is 21.2. The van der Waals surface area contributed by atoms with Gasteiger partial charge in [-0.1, -0.05) is 140 Å². The standard InChI is InChI=1S/C54H29N5S/c1-3-15-32-30(13-1)26-28-44-46(32)36-19-7-11-23-43(36)57(44)53-52-48(37-20-8-12-24-45(37)60-52)55-54(56-53)59-42-22-10-6-18-35(42)40-29-39-34-17-5-9-21-41(34)58-49-33-16-4-2-14-31(33)25-27-38(49)47(50(39)58)51(40)59/h1-29H. The maximum atomic E-state index is 5.80. The molecule has 9 aromatic carbocycles. The molecule has 0 atom stereocenters. The topological polar surface area (TPSA) is 40.0 Å². The minimum Gasteiger partial charge on any atom is -0.307 e. The third kappa shape index (κ3) is 3.74. The zero-order valence-corrected chi connectivity index (χ0v) is 32.7. The first kappa shape index (κ1) is 31.2. The number of rotatable bonds is 2. The summed E-state index contributed by atoms with van der Waals surface area (Å²) < 4.78 is 9.54. The Bertz CT molecular complexity index is 4370. The normalized spacial score (nSPS) is 12.7. The summed E-state index contributed by atoms with van der Waals surface area (Å²) in [6, 6.07) is 64.2. The minimum atomic E-state index is 0.659. The average molecular weight is 780 g/mol. The lowest BCUT2D eigenvalue weighted by molar-refractivity contribution is 0.978. The third-order valence-corrected chi connectivity index (χ3v) is 14.3. The molecule has 0 bridgehead atoms. The molecule has 15 aromatic rings. The van der Waals surface area contributed by atoms with Crippen LogP contribution in [0.5, 0.6) is 0 Å². The van der Waals surface area contributed by atoms with Crippen LogP contribution in [0.2, 0.25) is 0 Å². The van der Waals surface area contributed by atoms with Crippen LogP contribution in [0.15, 0.2) is 176 Å². The van der Waals surface area contributed by atoms with Crippen molar-refractivity contribution in [3.63, 3.8) is 0 Å². The van der Waals surface area contributed by atoms with Crippen LogP contribution in [0.3, 0.4) is 0 Å². The number of hydrogen-bond acceptors (Lipinski definition) is 3. The van der Waals surface area contributed by atoms with Crippen LogP contribution in [0.1, 0.15) is 0 Å². The second-order valence-corrected chi connectivity index (χ2v) is 17.1. The maximum Gasteiger partial charge on any atom is 0.237 e. The van der Waals surface area contributed by atoms with Crippen LogP contribution in [-0.2, 0) is 0 Å². The second-order valence-electron chi connectivity index (χ2n) is 16.1. The van der Waals surface area contributed by atoms with E-state index in [0.717, 1.165) is 43.5 Å². The van der Waals surface area contributed by atoms with Gasteiger partial charge < -0.3 is 4.40 Å². The van der Waals surface area contributed by atoms with Crippen molar-refractivity contribution in [2.75, 3.05) is 0 Å². The summed E-state index contributed by atoms with van der Waals surface area (Å²) in [6.07, 6.45) is 0. The van der Waals surface area contributed by atoms with Gasteiger partial charge in [0.25, 0.3) is 0 Å². The second kappa shape index (κ2) is 11.0. The summed E-state index contributed by atoms with van der Waals surface area (Å²) >= 11 is 1.77. The van der Waals surface area contributed by atoms with Gasteiger partial charge in [-0.2, -0.15) is 4.98 Å². The summed E-state index contributed by atoms with van der Waals surface area (Å²) in [5.74, 6) is 1.55. The van der Waals surface area contributed by atoms with Crippen LogP contribution in [-0.4, -0.2) is 23.5 Å². The Morgan fingerprint density at radius 3 is 1.78 bits per heavy atom. The van der Waals surface area contributed by atoms with Crippen LogP contribution in [0.25, 0.3) is 135 Å². The zero-order chi connectivity index (χ0) is 38.8. The number of hydrogen-bond donors (Lipinski definition) is 0. The maximum absolute atomic E-state index is 5.80. The molecule has 0 aliphatic rings. The molecule has 0 aliphatic carbocycles. The van der Waals surface area contributed by atoms with Gasteiger partial charge in [0.15, 0.2) is 5.82 Å². The molecule has 0 fully saturated rings. The SMILES string of the molecule is c1ccc2c(c1)ccc1c2c2ccccc2n1-c1nc(-n2c3ccccc3c3cc4c5ccccc5n5c6c7ccccc7ccc6c(c32)c45)nc2c1sc1ccccc12. The third-order valence-electron chi connectivity index (χ3n) is 13.1. The van der Waals surface area contributed by atoms with Crippen molar-refractivity contribution in [2.45, 2.75) is 0 Å². The van der Waals surface area contributed by atoms with E-state index >= 15 is 0 Å². The fraction of sp³-hybridized carbons (Fsp3) is 0. The molecule has 15 rings (SSSR count). The molecular weight excluding hydrogens is 751 g/mol. The summed E-state index contributed by atoms with van der Waals surface area (Å²) in [5, 5.41) is 15.9. The van der Waals surface area contributed by atoms with E-state index in [1.165, 1.54) is 85.9 Å². The highest BCUT2D eigenvalue weighted by Gasteiger charge is 2.28. The van der Waals surface area contributed by atoms with E-state index in [1.54, 1.807) is 11.3 Å². The van der Waals surface area contributed by atoms with Gasteiger partial charge in [0.1, 0.15) is 0 Å². The van der Waals surface area contributed by atoms with Gasteiger partial charge in [-0.3, -0.25) is 9.13 Å². The first-order chi connectivity index (χ1) is 29.8.